The van der Waals surface area contributed by atoms with E-state index in [2.05, 4.69) is 23.2 Å². The molecular weight excluding hydrogens is 268 g/mol. The Balaban J connectivity index is 0.00000162. The summed E-state index contributed by atoms with van der Waals surface area (Å²) in [5, 5.41) is 0. The van der Waals surface area contributed by atoms with E-state index in [9.17, 15) is 0 Å². The minimum absolute atomic E-state index is 0. The van der Waals surface area contributed by atoms with Crippen LogP contribution < -0.4 is 10.5 Å². The fourth-order valence-corrected chi connectivity index (χ4v) is 2.63. The lowest BCUT2D eigenvalue weighted by Crippen LogP contribution is -2.04. The lowest BCUT2D eigenvalue weighted by Gasteiger charge is -2.09. The van der Waals surface area contributed by atoms with Gasteiger partial charge in [0.2, 0.25) is 0 Å². The van der Waals surface area contributed by atoms with Crippen LogP contribution in [0.4, 0.5) is 0 Å². The van der Waals surface area contributed by atoms with E-state index in [1.54, 1.807) is 18.4 Å². The first-order valence-corrected chi connectivity index (χ1v) is 6.41. The Morgan fingerprint density at radius 2 is 2.17 bits per heavy atom. The zero-order valence-electron chi connectivity index (χ0n) is 10.5. The van der Waals surface area contributed by atoms with E-state index in [1.807, 2.05) is 12.4 Å². The molecule has 0 atom stereocenters. The Morgan fingerprint density at radius 1 is 1.39 bits per heavy atom. The Hall–Kier alpha value is -1.10. The molecule has 0 aliphatic heterocycles. The van der Waals surface area contributed by atoms with Gasteiger partial charge < -0.3 is 10.5 Å². The smallest absolute Gasteiger partial charge is 0.122 e. The van der Waals surface area contributed by atoms with E-state index in [1.165, 1.54) is 4.88 Å². The summed E-state index contributed by atoms with van der Waals surface area (Å²) in [5.74, 6) is 0.903. The number of aryl methyl sites for hydroxylation is 1. The lowest BCUT2D eigenvalue weighted by atomic mass is 10.1. The van der Waals surface area contributed by atoms with Gasteiger partial charge in [0.15, 0.2) is 0 Å². The minimum Gasteiger partial charge on any atom is -0.496 e. The van der Waals surface area contributed by atoms with Crippen molar-refractivity contribution in [3.8, 4) is 16.2 Å². The molecule has 1 aromatic heterocycles. The topological polar surface area (TPSA) is 48.1 Å². The molecule has 18 heavy (non-hydrogen) atoms. The fourth-order valence-electron chi connectivity index (χ4n) is 1.83. The summed E-state index contributed by atoms with van der Waals surface area (Å²) in [4.78, 5) is 5.46. The molecule has 1 heterocycles. The van der Waals surface area contributed by atoms with E-state index in [-0.39, 0.29) is 12.4 Å². The van der Waals surface area contributed by atoms with Crippen molar-refractivity contribution in [3.05, 3.63) is 35.0 Å². The van der Waals surface area contributed by atoms with Crippen molar-refractivity contribution in [2.24, 2.45) is 5.73 Å². The van der Waals surface area contributed by atoms with E-state index in [4.69, 9.17) is 10.5 Å². The number of benzene rings is 1. The van der Waals surface area contributed by atoms with Gasteiger partial charge in [-0.2, -0.15) is 0 Å². The van der Waals surface area contributed by atoms with E-state index < -0.39 is 0 Å². The summed E-state index contributed by atoms with van der Waals surface area (Å²) < 4.78 is 5.41. The van der Waals surface area contributed by atoms with Gasteiger partial charge in [0.25, 0.3) is 0 Å². The Labute approximate surface area is 117 Å². The van der Waals surface area contributed by atoms with Gasteiger partial charge in [-0.15, -0.1) is 23.7 Å². The maximum Gasteiger partial charge on any atom is 0.122 e. The summed E-state index contributed by atoms with van der Waals surface area (Å²) in [6.45, 7) is 2.65. The molecule has 1 aromatic carbocycles. The number of ether oxygens (including phenoxy) is 1. The Morgan fingerprint density at radius 3 is 2.72 bits per heavy atom. The molecule has 0 radical (unpaired) electrons. The Kier molecular flexibility index (Phi) is 5.59. The first-order valence-electron chi connectivity index (χ1n) is 5.53. The molecule has 2 rings (SSSR count). The Bertz CT molecular complexity index is 513. The first kappa shape index (κ1) is 15.0. The molecule has 0 saturated carbocycles. The summed E-state index contributed by atoms with van der Waals surface area (Å²) >= 11 is 1.65. The van der Waals surface area contributed by atoms with Crippen molar-refractivity contribution in [1.82, 2.24) is 4.98 Å². The standard InChI is InChI=1S/C13H16N2OS.ClH/c1-9-13(17-8-15-9)11-4-3-10(5-6-14)12(7-11)16-2;/h3-4,7-8H,5-6,14H2,1-2H3;1H. The van der Waals surface area contributed by atoms with Crippen LogP contribution in [0.1, 0.15) is 11.3 Å². The highest BCUT2D eigenvalue weighted by Crippen LogP contribution is 2.31. The fraction of sp³-hybridized carbons (Fsp3) is 0.308. The average molecular weight is 285 g/mol. The van der Waals surface area contributed by atoms with Crippen molar-refractivity contribution in [1.29, 1.82) is 0 Å². The predicted molar refractivity (Wildman–Crippen MR) is 78.8 cm³/mol. The van der Waals surface area contributed by atoms with Gasteiger partial charge in [-0.3, -0.25) is 0 Å². The van der Waals surface area contributed by atoms with E-state index in [0.29, 0.717) is 6.54 Å². The second-order valence-electron chi connectivity index (χ2n) is 3.83. The summed E-state index contributed by atoms with van der Waals surface area (Å²) in [6, 6.07) is 6.25. The average Bonchev–Trinajstić information content (AvgIpc) is 2.76. The lowest BCUT2D eigenvalue weighted by molar-refractivity contribution is 0.410. The largest absolute Gasteiger partial charge is 0.496 e. The molecule has 3 nitrogen and oxygen atoms in total. The number of methoxy groups -OCH3 is 1. The molecule has 0 aliphatic carbocycles. The monoisotopic (exact) mass is 284 g/mol. The second-order valence-corrected chi connectivity index (χ2v) is 4.69. The number of thiazole rings is 1. The quantitative estimate of drug-likeness (QED) is 0.939. The van der Waals surface area contributed by atoms with Crippen LogP contribution in [-0.2, 0) is 6.42 Å². The third kappa shape index (κ3) is 3.02. The van der Waals surface area contributed by atoms with Crippen LogP contribution in [0.2, 0.25) is 0 Å². The third-order valence-corrected chi connectivity index (χ3v) is 3.69. The number of nitrogens with zero attached hydrogens (tertiary/aromatic N) is 1. The van der Waals surface area contributed by atoms with Crippen LogP contribution in [-0.4, -0.2) is 18.6 Å². The van der Waals surface area contributed by atoms with Gasteiger partial charge >= 0.3 is 0 Å². The van der Waals surface area contributed by atoms with Crippen molar-refractivity contribution in [3.63, 3.8) is 0 Å². The predicted octanol–water partition coefficient (Wildman–Crippen LogP) is 3.05. The van der Waals surface area contributed by atoms with Gasteiger partial charge in [-0.25, -0.2) is 4.98 Å². The van der Waals surface area contributed by atoms with Crippen LogP contribution in [0.15, 0.2) is 23.7 Å². The van der Waals surface area contributed by atoms with E-state index >= 15 is 0 Å². The van der Waals surface area contributed by atoms with Crippen LogP contribution in [0, 0.1) is 6.92 Å². The highest BCUT2D eigenvalue weighted by Gasteiger charge is 2.08. The molecule has 0 saturated heterocycles. The van der Waals surface area contributed by atoms with E-state index in [0.717, 1.165) is 29.0 Å². The zero-order chi connectivity index (χ0) is 12.3. The van der Waals surface area contributed by atoms with Gasteiger partial charge in [-0.05, 0) is 37.1 Å². The number of hydrogen-bond donors (Lipinski definition) is 1. The van der Waals surface area contributed by atoms with Crippen molar-refractivity contribution in [2.75, 3.05) is 13.7 Å². The molecule has 0 bridgehead atoms. The molecule has 0 unspecified atom stereocenters. The first-order chi connectivity index (χ1) is 8.26. The molecular formula is C13H17ClN2OS. The summed E-state index contributed by atoms with van der Waals surface area (Å²) in [5.41, 5.74) is 10.8. The van der Waals surface area contributed by atoms with Crippen molar-refractivity contribution in [2.45, 2.75) is 13.3 Å². The van der Waals surface area contributed by atoms with Crippen molar-refractivity contribution < 1.29 is 4.74 Å². The SMILES string of the molecule is COc1cc(-c2scnc2C)ccc1CCN.Cl. The maximum absolute atomic E-state index is 5.58. The van der Waals surface area contributed by atoms with Crippen LogP contribution >= 0.6 is 23.7 Å². The molecule has 0 amide bonds. The number of halogens is 1. The summed E-state index contributed by atoms with van der Waals surface area (Å²) in [7, 11) is 1.69. The van der Waals surface area contributed by atoms with Gasteiger partial charge in [-0.1, -0.05) is 12.1 Å². The third-order valence-electron chi connectivity index (χ3n) is 2.71. The molecule has 5 heteroatoms. The molecule has 0 fully saturated rings. The molecule has 0 spiro atoms. The number of aromatic nitrogens is 1. The highest BCUT2D eigenvalue weighted by molar-refractivity contribution is 7.13. The summed E-state index contributed by atoms with van der Waals surface area (Å²) in [6.07, 6.45) is 0.838. The second kappa shape index (κ2) is 6.73. The number of hydrogen-bond acceptors (Lipinski definition) is 4. The number of nitrogens with two attached hydrogens (primary N) is 1. The van der Waals surface area contributed by atoms with Gasteiger partial charge in [0.1, 0.15) is 5.75 Å². The molecule has 2 aromatic rings. The van der Waals surface area contributed by atoms with Crippen LogP contribution in [0.5, 0.6) is 5.75 Å². The maximum atomic E-state index is 5.58. The van der Waals surface area contributed by atoms with Gasteiger partial charge in [0.05, 0.1) is 23.2 Å². The molecule has 98 valence electrons. The van der Waals surface area contributed by atoms with Crippen molar-refractivity contribution >= 4 is 23.7 Å². The normalized spacial score (nSPS) is 9.94. The van der Waals surface area contributed by atoms with Gasteiger partial charge in [0, 0.05) is 0 Å². The zero-order valence-corrected chi connectivity index (χ0v) is 12.1. The highest BCUT2D eigenvalue weighted by atomic mass is 35.5. The molecule has 0 aliphatic rings. The number of rotatable bonds is 4. The van der Waals surface area contributed by atoms with Crippen LogP contribution in [0.3, 0.4) is 0 Å². The van der Waals surface area contributed by atoms with Crippen LogP contribution in [0.25, 0.3) is 10.4 Å². The minimum atomic E-state index is 0. The molecule has 2 N–H and O–H groups in total.